The molecule has 0 amide bonds. The van der Waals surface area contributed by atoms with Gasteiger partial charge in [0.1, 0.15) is 5.82 Å². The Hall–Kier alpha value is -3.33. The summed E-state index contributed by atoms with van der Waals surface area (Å²) in [5.74, 6) is 0.0132. The van der Waals surface area contributed by atoms with Crippen molar-refractivity contribution in [1.82, 2.24) is 20.4 Å². The highest BCUT2D eigenvalue weighted by Crippen LogP contribution is 2.27. The Labute approximate surface area is 203 Å². The lowest BCUT2D eigenvalue weighted by Crippen LogP contribution is -2.39. The van der Waals surface area contributed by atoms with Gasteiger partial charge in [-0.1, -0.05) is 37.8 Å². The maximum atomic E-state index is 15.0. The lowest BCUT2D eigenvalue weighted by molar-refractivity contribution is 0.116. The number of hydrogen-bond acceptors (Lipinski definition) is 6. The highest BCUT2D eigenvalue weighted by Gasteiger charge is 2.20. The summed E-state index contributed by atoms with van der Waals surface area (Å²) >= 11 is 0. The molecular formula is C26H30F3N5O. The van der Waals surface area contributed by atoms with Crippen molar-refractivity contribution >= 4 is 5.69 Å². The minimum atomic E-state index is -2.88. The molecule has 4 rings (SSSR count). The molecule has 1 N–H and O–H groups in total. The van der Waals surface area contributed by atoms with Gasteiger partial charge >= 0.3 is 6.43 Å². The van der Waals surface area contributed by atoms with Crippen LogP contribution in [0.1, 0.15) is 37.6 Å². The van der Waals surface area contributed by atoms with Crippen molar-refractivity contribution in [1.29, 1.82) is 0 Å². The summed E-state index contributed by atoms with van der Waals surface area (Å²) in [7, 11) is 0. The highest BCUT2D eigenvalue weighted by molar-refractivity contribution is 5.55. The number of rotatable bonds is 10. The zero-order valence-electron chi connectivity index (χ0n) is 19.8. The number of benzene rings is 2. The summed E-state index contributed by atoms with van der Waals surface area (Å²) in [6, 6.07) is 14.0. The second-order valence-corrected chi connectivity index (χ2v) is 8.87. The van der Waals surface area contributed by atoms with E-state index in [0.717, 1.165) is 37.8 Å². The van der Waals surface area contributed by atoms with E-state index in [2.05, 4.69) is 33.9 Å². The van der Waals surface area contributed by atoms with E-state index < -0.39 is 18.1 Å². The van der Waals surface area contributed by atoms with Gasteiger partial charge in [0.2, 0.25) is 5.89 Å². The van der Waals surface area contributed by atoms with Gasteiger partial charge in [0.05, 0.1) is 12.4 Å². The van der Waals surface area contributed by atoms with E-state index in [-0.39, 0.29) is 18.0 Å². The zero-order valence-corrected chi connectivity index (χ0v) is 19.8. The third-order valence-corrected chi connectivity index (χ3v) is 6.28. The molecule has 0 radical (unpaired) electrons. The summed E-state index contributed by atoms with van der Waals surface area (Å²) in [6.45, 7) is 10.6. The molecule has 0 saturated carbocycles. The maximum absolute atomic E-state index is 15.0. The summed E-state index contributed by atoms with van der Waals surface area (Å²) < 4.78 is 45.5. The van der Waals surface area contributed by atoms with Crippen LogP contribution in [-0.2, 0) is 6.54 Å². The van der Waals surface area contributed by atoms with Gasteiger partial charge in [-0.2, -0.15) is 8.78 Å². The molecular weight excluding hydrogens is 455 g/mol. The number of hydrogen-bond donors (Lipinski definition) is 1. The van der Waals surface area contributed by atoms with Crippen LogP contribution < -0.4 is 10.2 Å². The Morgan fingerprint density at radius 3 is 2.57 bits per heavy atom. The monoisotopic (exact) mass is 485 g/mol. The van der Waals surface area contributed by atoms with E-state index in [9.17, 15) is 8.78 Å². The first-order valence-electron chi connectivity index (χ1n) is 11.8. The molecule has 0 unspecified atom stereocenters. The van der Waals surface area contributed by atoms with Gasteiger partial charge in [-0.05, 0) is 56.1 Å². The molecule has 0 atom stereocenters. The minimum Gasteiger partial charge on any atom is -0.415 e. The van der Waals surface area contributed by atoms with E-state index >= 15 is 4.39 Å². The number of para-hydroxylation sites is 1. The van der Waals surface area contributed by atoms with Gasteiger partial charge in [0.15, 0.2) is 0 Å². The van der Waals surface area contributed by atoms with Gasteiger partial charge in [-0.25, -0.2) is 4.39 Å². The standard InChI is InChI=1S/C26H30F3N5O/c1-18-10-13-33(14-11-18)15-12-30-19(2)34(22-6-4-3-5-7-22)17-21-9-8-20(16-23(21)27)25-31-32-26(35-25)24(28)29/h3-9,16,18,24,30H,2,10-15,17H2,1H3. The molecule has 35 heavy (non-hydrogen) atoms. The quantitative estimate of drug-likeness (QED) is 0.403. The van der Waals surface area contributed by atoms with Crippen LogP contribution in [0.4, 0.5) is 18.9 Å². The van der Waals surface area contributed by atoms with Crippen molar-refractivity contribution in [2.75, 3.05) is 31.1 Å². The third-order valence-electron chi connectivity index (χ3n) is 6.28. The average molecular weight is 486 g/mol. The first-order chi connectivity index (χ1) is 16.9. The first-order valence-corrected chi connectivity index (χ1v) is 11.8. The van der Waals surface area contributed by atoms with Crippen LogP contribution in [0.3, 0.4) is 0 Å². The number of anilines is 1. The SMILES string of the molecule is C=C(NCCN1CCC(C)CC1)N(Cc1ccc(-c2nnc(C(F)F)o2)cc1F)c1ccccc1. The molecule has 9 heteroatoms. The van der Waals surface area contributed by atoms with Gasteiger partial charge in [0.25, 0.3) is 5.89 Å². The Morgan fingerprint density at radius 2 is 1.91 bits per heavy atom. The molecule has 3 aromatic rings. The fourth-order valence-electron chi connectivity index (χ4n) is 4.11. The molecule has 0 spiro atoms. The first kappa shape index (κ1) is 24.8. The molecule has 1 aliphatic heterocycles. The van der Waals surface area contributed by atoms with Gasteiger partial charge < -0.3 is 19.5 Å². The van der Waals surface area contributed by atoms with Crippen molar-refractivity contribution in [2.45, 2.75) is 32.7 Å². The van der Waals surface area contributed by atoms with Crippen molar-refractivity contribution < 1.29 is 17.6 Å². The second kappa shape index (κ2) is 11.4. The van der Waals surface area contributed by atoms with Crippen LogP contribution in [-0.4, -0.2) is 41.3 Å². The predicted molar refractivity (Wildman–Crippen MR) is 129 cm³/mol. The Morgan fingerprint density at radius 1 is 1.17 bits per heavy atom. The topological polar surface area (TPSA) is 57.4 Å². The van der Waals surface area contributed by atoms with Crippen LogP contribution in [0.2, 0.25) is 0 Å². The van der Waals surface area contributed by atoms with Crippen molar-refractivity contribution in [3.05, 3.63) is 78.2 Å². The Bertz CT molecular complexity index is 1110. The third kappa shape index (κ3) is 6.42. The van der Waals surface area contributed by atoms with E-state index in [1.807, 2.05) is 35.2 Å². The van der Waals surface area contributed by atoms with Crippen LogP contribution in [0.5, 0.6) is 0 Å². The van der Waals surface area contributed by atoms with Crippen LogP contribution in [0.25, 0.3) is 11.5 Å². The normalized spacial score (nSPS) is 14.9. The molecule has 186 valence electrons. The number of aromatic nitrogens is 2. The van der Waals surface area contributed by atoms with Crippen molar-refractivity contribution in [3.8, 4) is 11.5 Å². The smallest absolute Gasteiger partial charge is 0.314 e. The molecule has 1 fully saturated rings. The highest BCUT2D eigenvalue weighted by atomic mass is 19.3. The van der Waals surface area contributed by atoms with E-state index in [0.29, 0.717) is 11.4 Å². The number of piperidine rings is 1. The van der Waals surface area contributed by atoms with Crippen molar-refractivity contribution in [2.24, 2.45) is 5.92 Å². The molecule has 0 aliphatic carbocycles. The molecule has 2 heterocycles. The van der Waals surface area contributed by atoms with E-state index in [4.69, 9.17) is 4.42 Å². The second-order valence-electron chi connectivity index (χ2n) is 8.87. The zero-order chi connectivity index (χ0) is 24.8. The maximum Gasteiger partial charge on any atom is 0.314 e. The molecule has 0 bridgehead atoms. The summed E-state index contributed by atoms with van der Waals surface area (Å²) in [6.07, 6.45) is -0.435. The molecule has 1 aliphatic rings. The van der Waals surface area contributed by atoms with Gasteiger partial charge in [-0.15, -0.1) is 10.2 Å². The van der Waals surface area contributed by atoms with Crippen LogP contribution >= 0.6 is 0 Å². The molecule has 1 saturated heterocycles. The lowest BCUT2D eigenvalue weighted by Gasteiger charge is -2.32. The van der Waals surface area contributed by atoms with Crippen molar-refractivity contribution in [3.63, 3.8) is 0 Å². The minimum absolute atomic E-state index is 0.149. The number of likely N-dealkylation sites (tertiary alicyclic amines) is 1. The Kier molecular flexibility index (Phi) is 8.07. The molecule has 2 aromatic carbocycles. The fourth-order valence-corrected chi connectivity index (χ4v) is 4.11. The molecule has 1 aromatic heterocycles. The summed E-state index contributed by atoms with van der Waals surface area (Å²) in [5, 5.41) is 10.3. The van der Waals surface area contributed by atoms with Gasteiger partial charge in [-0.3, -0.25) is 0 Å². The van der Waals surface area contributed by atoms with Crippen LogP contribution in [0.15, 0.2) is 65.3 Å². The summed E-state index contributed by atoms with van der Waals surface area (Å²) in [4.78, 5) is 4.36. The lowest BCUT2D eigenvalue weighted by atomic mass is 9.99. The van der Waals surface area contributed by atoms with Crippen LogP contribution in [0, 0.1) is 11.7 Å². The average Bonchev–Trinajstić information content (AvgIpc) is 3.36. The molecule has 6 nitrogen and oxygen atoms in total. The number of nitrogens with zero attached hydrogens (tertiary/aromatic N) is 4. The summed E-state index contributed by atoms with van der Waals surface area (Å²) in [5.41, 5.74) is 1.53. The number of halogens is 3. The van der Waals surface area contributed by atoms with Gasteiger partial charge in [0, 0.05) is 29.9 Å². The number of alkyl halides is 2. The number of nitrogens with one attached hydrogen (secondary N) is 1. The van der Waals surface area contributed by atoms with E-state index in [1.54, 1.807) is 12.1 Å². The van der Waals surface area contributed by atoms with E-state index in [1.165, 1.54) is 18.9 Å². The largest absolute Gasteiger partial charge is 0.415 e. The predicted octanol–water partition coefficient (Wildman–Crippen LogP) is 5.61. The fraction of sp³-hybridized carbons (Fsp3) is 0.385. The Balaban J connectivity index is 1.44.